The van der Waals surface area contributed by atoms with Gasteiger partial charge in [-0.05, 0) is 12.0 Å². The van der Waals surface area contributed by atoms with Gasteiger partial charge in [-0.1, -0.05) is 31.2 Å². The molecule has 1 aromatic heterocycles. The molecule has 0 aliphatic heterocycles. The number of aromatic nitrogens is 1. The molecule has 0 radical (unpaired) electrons. The SMILES string of the molecule is CCc1ccc(-c2csc(NC(=O)CCC(=O)O)n2)cc1. The van der Waals surface area contributed by atoms with Gasteiger partial charge in [0, 0.05) is 17.4 Å². The van der Waals surface area contributed by atoms with Crippen molar-refractivity contribution < 1.29 is 14.7 Å². The van der Waals surface area contributed by atoms with Crippen molar-refractivity contribution in [3.05, 3.63) is 35.2 Å². The van der Waals surface area contributed by atoms with Gasteiger partial charge < -0.3 is 10.4 Å². The fourth-order valence-corrected chi connectivity index (χ4v) is 2.51. The zero-order chi connectivity index (χ0) is 15.2. The van der Waals surface area contributed by atoms with Gasteiger partial charge in [-0.15, -0.1) is 11.3 Å². The van der Waals surface area contributed by atoms with Crippen molar-refractivity contribution in [2.24, 2.45) is 0 Å². The van der Waals surface area contributed by atoms with Crippen LogP contribution in [0.2, 0.25) is 0 Å². The minimum absolute atomic E-state index is 0.0462. The number of thiazole rings is 1. The van der Waals surface area contributed by atoms with Crippen LogP contribution < -0.4 is 5.32 Å². The summed E-state index contributed by atoms with van der Waals surface area (Å²) in [5.74, 6) is -1.32. The largest absolute Gasteiger partial charge is 0.481 e. The van der Waals surface area contributed by atoms with Crippen LogP contribution >= 0.6 is 11.3 Å². The molecule has 5 nitrogen and oxygen atoms in total. The number of hydrogen-bond acceptors (Lipinski definition) is 4. The number of benzene rings is 1. The van der Waals surface area contributed by atoms with Crippen molar-refractivity contribution in [3.8, 4) is 11.3 Å². The topological polar surface area (TPSA) is 79.3 Å². The molecule has 0 saturated heterocycles. The Kier molecular flexibility index (Phi) is 5.05. The maximum atomic E-state index is 11.5. The minimum Gasteiger partial charge on any atom is -0.481 e. The van der Waals surface area contributed by atoms with Crippen LogP contribution in [-0.2, 0) is 16.0 Å². The van der Waals surface area contributed by atoms with Crippen molar-refractivity contribution in [1.82, 2.24) is 4.98 Å². The van der Waals surface area contributed by atoms with E-state index < -0.39 is 5.97 Å². The Balaban J connectivity index is 2.00. The molecule has 0 bridgehead atoms. The number of anilines is 1. The van der Waals surface area contributed by atoms with Crippen molar-refractivity contribution in [2.45, 2.75) is 26.2 Å². The highest BCUT2D eigenvalue weighted by molar-refractivity contribution is 7.14. The lowest BCUT2D eigenvalue weighted by atomic mass is 10.1. The lowest BCUT2D eigenvalue weighted by molar-refractivity contribution is -0.138. The summed E-state index contributed by atoms with van der Waals surface area (Å²) in [7, 11) is 0. The van der Waals surface area contributed by atoms with E-state index in [-0.39, 0.29) is 18.7 Å². The Morgan fingerprint density at radius 2 is 1.95 bits per heavy atom. The van der Waals surface area contributed by atoms with Gasteiger partial charge in [0.05, 0.1) is 12.1 Å². The first kappa shape index (κ1) is 15.2. The number of carboxylic acid groups (broad SMARTS) is 1. The van der Waals surface area contributed by atoms with Gasteiger partial charge in [-0.3, -0.25) is 9.59 Å². The summed E-state index contributed by atoms with van der Waals surface area (Å²) in [6.07, 6.45) is 0.764. The number of carboxylic acids is 1. The molecule has 6 heteroatoms. The van der Waals surface area contributed by atoms with E-state index in [2.05, 4.69) is 29.4 Å². The predicted octanol–water partition coefficient (Wildman–Crippen LogP) is 3.18. The molecule has 0 spiro atoms. The Hall–Kier alpha value is -2.21. The second-order valence-electron chi connectivity index (χ2n) is 4.53. The summed E-state index contributed by atoms with van der Waals surface area (Å²) in [5, 5.41) is 13.5. The monoisotopic (exact) mass is 304 g/mol. The molecular weight excluding hydrogens is 288 g/mol. The Labute approximate surface area is 126 Å². The third kappa shape index (κ3) is 4.39. The molecule has 1 aromatic carbocycles. The number of amides is 1. The van der Waals surface area contributed by atoms with Gasteiger partial charge in [-0.2, -0.15) is 0 Å². The first-order valence-electron chi connectivity index (χ1n) is 6.65. The van der Waals surface area contributed by atoms with Crippen LogP contribution in [0.4, 0.5) is 5.13 Å². The van der Waals surface area contributed by atoms with Crippen molar-refractivity contribution in [1.29, 1.82) is 0 Å². The minimum atomic E-state index is -0.985. The zero-order valence-electron chi connectivity index (χ0n) is 11.6. The second-order valence-corrected chi connectivity index (χ2v) is 5.39. The summed E-state index contributed by atoms with van der Waals surface area (Å²) in [6.45, 7) is 2.10. The normalized spacial score (nSPS) is 10.3. The summed E-state index contributed by atoms with van der Waals surface area (Å²) in [6, 6.07) is 8.12. The average Bonchev–Trinajstić information content (AvgIpc) is 2.93. The van der Waals surface area contributed by atoms with E-state index in [1.165, 1.54) is 16.9 Å². The number of nitrogens with zero attached hydrogens (tertiary/aromatic N) is 1. The number of nitrogens with one attached hydrogen (secondary N) is 1. The van der Waals surface area contributed by atoms with Crippen LogP contribution in [0.3, 0.4) is 0 Å². The lowest BCUT2D eigenvalue weighted by Gasteiger charge is -2.00. The summed E-state index contributed by atoms with van der Waals surface area (Å²) >= 11 is 1.33. The highest BCUT2D eigenvalue weighted by Gasteiger charge is 2.09. The molecule has 1 amide bonds. The zero-order valence-corrected chi connectivity index (χ0v) is 12.4. The van der Waals surface area contributed by atoms with E-state index >= 15 is 0 Å². The number of hydrogen-bond donors (Lipinski definition) is 2. The molecular formula is C15H16N2O3S. The van der Waals surface area contributed by atoms with Gasteiger partial charge in [0.1, 0.15) is 0 Å². The van der Waals surface area contributed by atoms with Gasteiger partial charge in [0.2, 0.25) is 5.91 Å². The molecule has 0 saturated carbocycles. The number of aryl methyl sites for hydroxylation is 1. The third-order valence-electron chi connectivity index (χ3n) is 2.97. The number of carbonyl (C=O) groups is 2. The van der Waals surface area contributed by atoms with Crippen LogP contribution in [0, 0.1) is 0 Å². The average molecular weight is 304 g/mol. The molecule has 0 unspecified atom stereocenters. The first-order chi connectivity index (χ1) is 10.1. The first-order valence-corrected chi connectivity index (χ1v) is 7.53. The van der Waals surface area contributed by atoms with Gasteiger partial charge >= 0.3 is 5.97 Å². The smallest absolute Gasteiger partial charge is 0.303 e. The molecule has 0 aliphatic carbocycles. The van der Waals surface area contributed by atoms with E-state index in [0.29, 0.717) is 5.13 Å². The Morgan fingerprint density at radius 3 is 2.57 bits per heavy atom. The number of carbonyl (C=O) groups excluding carboxylic acids is 1. The van der Waals surface area contributed by atoms with Crippen LogP contribution in [0.5, 0.6) is 0 Å². The summed E-state index contributed by atoms with van der Waals surface area (Å²) in [4.78, 5) is 26.3. The Morgan fingerprint density at radius 1 is 1.24 bits per heavy atom. The van der Waals surface area contributed by atoms with Crippen molar-refractivity contribution in [3.63, 3.8) is 0 Å². The lowest BCUT2D eigenvalue weighted by Crippen LogP contribution is -2.12. The summed E-state index contributed by atoms with van der Waals surface area (Å²) < 4.78 is 0. The number of rotatable bonds is 6. The maximum Gasteiger partial charge on any atom is 0.303 e. The van der Waals surface area contributed by atoms with E-state index in [4.69, 9.17) is 5.11 Å². The highest BCUT2D eigenvalue weighted by Crippen LogP contribution is 2.25. The van der Waals surface area contributed by atoms with E-state index in [1.807, 2.05) is 17.5 Å². The molecule has 2 rings (SSSR count). The van der Waals surface area contributed by atoms with E-state index in [0.717, 1.165) is 17.7 Å². The van der Waals surface area contributed by atoms with Crippen LogP contribution in [-0.4, -0.2) is 22.0 Å². The predicted molar refractivity (Wildman–Crippen MR) is 82.4 cm³/mol. The molecule has 2 aromatic rings. The fraction of sp³-hybridized carbons (Fsp3) is 0.267. The molecule has 1 heterocycles. The fourth-order valence-electron chi connectivity index (χ4n) is 1.78. The maximum absolute atomic E-state index is 11.5. The molecule has 0 aliphatic rings. The molecule has 0 atom stereocenters. The molecule has 110 valence electrons. The summed E-state index contributed by atoms with van der Waals surface area (Å²) in [5.41, 5.74) is 3.06. The molecule has 0 fully saturated rings. The van der Waals surface area contributed by atoms with Crippen molar-refractivity contribution >= 4 is 28.3 Å². The standard InChI is InChI=1S/C15H16N2O3S/c1-2-10-3-5-11(6-4-10)12-9-21-15(16-12)17-13(18)7-8-14(19)20/h3-6,9H,2,7-8H2,1H3,(H,19,20)(H,16,17,18). The number of aliphatic carboxylic acids is 1. The van der Waals surface area contributed by atoms with Crippen LogP contribution in [0.25, 0.3) is 11.3 Å². The van der Waals surface area contributed by atoms with Gasteiger partial charge in [0.15, 0.2) is 5.13 Å². The quantitative estimate of drug-likeness (QED) is 0.859. The Bertz CT molecular complexity index is 635. The van der Waals surface area contributed by atoms with Crippen molar-refractivity contribution in [2.75, 3.05) is 5.32 Å². The third-order valence-corrected chi connectivity index (χ3v) is 3.73. The van der Waals surface area contributed by atoms with E-state index in [1.54, 1.807) is 0 Å². The van der Waals surface area contributed by atoms with E-state index in [9.17, 15) is 9.59 Å². The van der Waals surface area contributed by atoms with Gasteiger partial charge in [-0.25, -0.2) is 4.98 Å². The highest BCUT2D eigenvalue weighted by atomic mass is 32.1. The molecule has 2 N–H and O–H groups in total. The van der Waals surface area contributed by atoms with Crippen LogP contribution in [0.1, 0.15) is 25.3 Å². The van der Waals surface area contributed by atoms with Crippen LogP contribution in [0.15, 0.2) is 29.6 Å². The molecule has 21 heavy (non-hydrogen) atoms. The van der Waals surface area contributed by atoms with Gasteiger partial charge in [0.25, 0.3) is 0 Å². The second kappa shape index (κ2) is 6.99.